The summed E-state index contributed by atoms with van der Waals surface area (Å²) in [5, 5.41) is 13.0. The number of para-hydroxylation sites is 1. The molecule has 4 heteroatoms. The fourth-order valence-corrected chi connectivity index (χ4v) is 3.52. The van der Waals surface area contributed by atoms with E-state index in [2.05, 4.69) is 37.4 Å². The molecule has 1 aliphatic rings. The molecule has 1 aliphatic carbocycles. The van der Waals surface area contributed by atoms with Crippen molar-refractivity contribution in [3.8, 4) is 0 Å². The SMILES string of the molecule is CCc1cccc(CC)c1NC(=O)CN(C)CC1CCCC1O. The van der Waals surface area contributed by atoms with E-state index in [0.717, 1.165) is 44.3 Å². The van der Waals surface area contributed by atoms with Gasteiger partial charge in [0.15, 0.2) is 0 Å². The number of amides is 1. The number of carbonyl (C=O) groups is 1. The molecular formula is C19H30N2O2. The zero-order valence-corrected chi connectivity index (χ0v) is 14.6. The Morgan fingerprint density at radius 2 is 1.91 bits per heavy atom. The van der Waals surface area contributed by atoms with Crippen LogP contribution in [0.3, 0.4) is 0 Å². The number of hydrogen-bond donors (Lipinski definition) is 2. The average Bonchev–Trinajstić information content (AvgIpc) is 2.92. The van der Waals surface area contributed by atoms with Gasteiger partial charge >= 0.3 is 0 Å². The average molecular weight is 318 g/mol. The summed E-state index contributed by atoms with van der Waals surface area (Å²) in [7, 11) is 1.96. The molecule has 0 bridgehead atoms. The largest absolute Gasteiger partial charge is 0.393 e. The van der Waals surface area contributed by atoms with E-state index in [-0.39, 0.29) is 12.0 Å². The lowest BCUT2D eigenvalue weighted by atomic mass is 10.0. The summed E-state index contributed by atoms with van der Waals surface area (Å²) in [6.07, 6.45) is 4.67. The van der Waals surface area contributed by atoms with Crippen LogP contribution in [0.15, 0.2) is 18.2 Å². The number of nitrogens with zero attached hydrogens (tertiary/aromatic N) is 1. The molecule has 1 fully saturated rings. The van der Waals surface area contributed by atoms with Gasteiger partial charge in [-0.15, -0.1) is 0 Å². The van der Waals surface area contributed by atoms with E-state index < -0.39 is 0 Å². The van der Waals surface area contributed by atoms with Gasteiger partial charge in [0.25, 0.3) is 0 Å². The molecular weight excluding hydrogens is 288 g/mol. The fraction of sp³-hybridized carbons (Fsp3) is 0.632. The number of carbonyl (C=O) groups excluding carboxylic acids is 1. The zero-order chi connectivity index (χ0) is 16.8. The first-order valence-corrected chi connectivity index (χ1v) is 8.82. The Hall–Kier alpha value is -1.39. The van der Waals surface area contributed by atoms with Crippen LogP contribution in [-0.4, -0.2) is 42.2 Å². The molecule has 1 aromatic carbocycles. The Balaban J connectivity index is 1.94. The first-order chi connectivity index (χ1) is 11.0. The van der Waals surface area contributed by atoms with E-state index in [9.17, 15) is 9.90 Å². The van der Waals surface area contributed by atoms with Gasteiger partial charge in [0.2, 0.25) is 5.91 Å². The standard InChI is InChI=1S/C19H30N2O2/c1-4-14-8-6-9-15(5-2)19(14)20-18(23)13-21(3)12-16-10-7-11-17(16)22/h6,8-9,16-17,22H,4-5,7,10-13H2,1-3H3,(H,20,23). The molecule has 0 heterocycles. The van der Waals surface area contributed by atoms with Crippen LogP contribution in [0, 0.1) is 5.92 Å². The summed E-state index contributed by atoms with van der Waals surface area (Å²) in [4.78, 5) is 14.4. The number of aliphatic hydroxyl groups excluding tert-OH is 1. The second kappa shape index (κ2) is 8.46. The Morgan fingerprint density at radius 1 is 1.26 bits per heavy atom. The van der Waals surface area contributed by atoms with Crippen molar-refractivity contribution in [1.82, 2.24) is 4.90 Å². The van der Waals surface area contributed by atoms with Gasteiger partial charge in [-0.2, -0.15) is 0 Å². The minimum Gasteiger partial charge on any atom is -0.393 e. The van der Waals surface area contributed by atoms with Crippen molar-refractivity contribution >= 4 is 11.6 Å². The zero-order valence-electron chi connectivity index (χ0n) is 14.6. The van der Waals surface area contributed by atoms with Crippen LogP contribution >= 0.6 is 0 Å². The maximum absolute atomic E-state index is 12.4. The Bertz CT molecular complexity index is 508. The summed E-state index contributed by atoms with van der Waals surface area (Å²) >= 11 is 0. The van der Waals surface area contributed by atoms with Gasteiger partial charge in [-0.05, 0) is 49.8 Å². The van der Waals surface area contributed by atoms with Crippen LogP contribution < -0.4 is 5.32 Å². The maximum atomic E-state index is 12.4. The molecule has 23 heavy (non-hydrogen) atoms. The summed E-state index contributed by atoms with van der Waals surface area (Å²) in [5.41, 5.74) is 3.36. The Kier molecular flexibility index (Phi) is 6.60. The highest BCUT2D eigenvalue weighted by molar-refractivity contribution is 5.93. The molecule has 4 nitrogen and oxygen atoms in total. The van der Waals surface area contributed by atoms with Gasteiger partial charge in [-0.3, -0.25) is 9.69 Å². The molecule has 0 saturated heterocycles. The van der Waals surface area contributed by atoms with Crippen LogP contribution in [-0.2, 0) is 17.6 Å². The highest BCUT2D eigenvalue weighted by Crippen LogP contribution is 2.26. The molecule has 1 aromatic rings. The number of anilines is 1. The summed E-state index contributed by atoms with van der Waals surface area (Å²) in [5.74, 6) is 0.331. The number of benzene rings is 1. The van der Waals surface area contributed by atoms with Crippen LogP contribution in [0.25, 0.3) is 0 Å². The lowest BCUT2D eigenvalue weighted by Crippen LogP contribution is -2.36. The fourth-order valence-electron chi connectivity index (χ4n) is 3.52. The van der Waals surface area contributed by atoms with Gasteiger partial charge in [0.1, 0.15) is 0 Å². The molecule has 2 rings (SSSR count). The van der Waals surface area contributed by atoms with Gasteiger partial charge in [0.05, 0.1) is 12.6 Å². The topological polar surface area (TPSA) is 52.6 Å². The molecule has 2 unspecified atom stereocenters. The lowest BCUT2D eigenvalue weighted by molar-refractivity contribution is -0.117. The van der Waals surface area contributed by atoms with E-state index in [1.165, 1.54) is 11.1 Å². The summed E-state index contributed by atoms with van der Waals surface area (Å²) in [6.45, 7) is 5.37. The molecule has 0 spiro atoms. The van der Waals surface area contributed by atoms with Gasteiger partial charge in [-0.1, -0.05) is 38.5 Å². The van der Waals surface area contributed by atoms with E-state index in [1.54, 1.807) is 0 Å². The maximum Gasteiger partial charge on any atom is 0.238 e. The summed E-state index contributed by atoms with van der Waals surface area (Å²) < 4.78 is 0. The van der Waals surface area contributed by atoms with Crippen molar-refractivity contribution in [2.45, 2.75) is 52.1 Å². The van der Waals surface area contributed by atoms with Crippen molar-refractivity contribution in [3.63, 3.8) is 0 Å². The molecule has 0 aromatic heterocycles. The quantitative estimate of drug-likeness (QED) is 0.813. The van der Waals surface area contributed by atoms with Crippen LogP contribution in [0.4, 0.5) is 5.69 Å². The third-order valence-corrected chi connectivity index (χ3v) is 4.84. The van der Waals surface area contributed by atoms with Crippen molar-refractivity contribution in [1.29, 1.82) is 0 Å². The number of likely N-dealkylation sites (N-methyl/N-ethyl adjacent to an activating group) is 1. The number of nitrogens with one attached hydrogen (secondary N) is 1. The van der Waals surface area contributed by atoms with E-state index in [0.29, 0.717) is 12.5 Å². The Morgan fingerprint density at radius 3 is 2.43 bits per heavy atom. The minimum atomic E-state index is -0.201. The van der Waals surface area contributed by atoms with E-state index in [4.69, 9.17) is 0 Å². The minimum absolute atomic E-state index is 0.0237. The number of aryl methyl sites for hydroxylation is 2. The second-order valence-electron chi connectivity index (χ2n) is 6.66. The molecule has 128 valence electrons. The van der Waals surface area contributed by atoms with Crippen LogP contribution in [0.1, 0.15) is 44.2 Å². The van der Waals surface area contributed by atoms with Crippen molar-refractivity contribution in [3.05, 3.63) is 29.3 Å². The third kappa shape index (κ3) is 4.79. The number of hydrogen-bond acceptors (Lipinski definition) is 3. The molecule has 0 radical (unpaired) electrons. The van der Waals surface area contributed by atoms with E-state index in [1.807, 2.05) is 11.9 Å². The van der Waals surface area contributed by atoms with Gasteiger partial charge in [0, 0.05) is 12.2 Å². The summed E-state index contributed by atoms with van der Waals surface area (Å²) in [6, 6.07) is 6.21. The second-order valence-corrected chi connectivity index (χ2v) is 6.66. The monoisotopic (exact) mass is 318 g/mol. The predicted molar refractivity (Wildman–Crippen MR) is 94.7 cm³/mol. The smallest absolute Gasteiger partial charge is 0.238 e. The molecule has 2 atom stereocenters. The normalized spacial score (nSPS) is 20.9. The number of rotatable bonds is 7. The van der Waals surface area contributed by atoms with Crippen LogP contribution in [0.2, 0.25) is 0 Å². The highest BCUT2D eigenvalue weighted by atomic mass is 16.3. The third-order valence-electron chi connectivity index (χ3n) is 4.84. The van der Waals surface area contributed by atoms with Crippen molar-refractivity contribution in [2.24, 2.45) is 5.92 Å². The first kappa shape index (κ1) is 18.0. The first-order valence-electron chi connectivity index (χ1n) is 8.82. The van der Waals surface area contributed by atoms with Crippen LogP contribution in [0.5, 0.6) is 0 Å². The Labute approximate surface area is 139 Å². The van der Waals surface area contributed by atoms with Crippen molar-refractivity contribution in [2.75, 3.05) is 25.5 Å². The van der Waals surface area contributed by atoms with E-state index >= 15 is 0 Å². The highest BCUT2D eigenvalue weighted by Gasteiger charge is 2.26. The molecule has 2 N–H and O–H groups in total. The van der Waals surface area contributed by atoms with Gasteiger partial charge in [-0.25, -0.2) is 0 Å². The van der Waals surface area contributed by atoms with Gasteiger partial charge < -0.3 is 10.4 Å². The molecule has 0 aliphatic heterocycles. The van der Waals surface area contributed by atoms with Crippen molar-refractivity contribution < 1.29 is 9.90 Å². The predicted octanol–water partition coefficient (Wildman–Crippen LogP) is 2.84. The molecule has 1 amide bonds. The number of aliphatic hydroxyl groups is 1. The molecule has 1 saturated carbocycles. The lowest BCUT2D eigenvalue weighted by Gasteiger charge is -2.23.